The van der Waals surface area contributed by atoms with Crippen molar-refractivity contribution in [3.8, 4) is 28.0 Å². The zero-order valence-electron chi connectivity index (χ0n) is 15.4. The summed E-state index contributed by atoms with van der Waals surface area (Å²) in [6.45, 7) is 2.55. The van der Waals surface area contributed by atoms with E-state index in [2.05, 4.69) is 24.0 Å². The second-order valence-corrected chi connectivity index (χ2v) is 8.31. The first-order chi connectivity index (χ1) is 13.7. The van der Waals surface area contributed by atoms with Gasteiger partial charge in [0.2, 0.25) is 0 Å². The number of rotatable bonds is 6. The lowest BCUT2D eigenvalue weighted by atomic mass is 10.1. The van der Waals surface area contributed by atoms with Crippen LogP contribution in [0.1, 0.15) is 24.6 Å². The molecule has 0 atom stereocenters. The van der Waals surface area contributed by atoms with Crippen LogP contribution in [0.3, 0.4) is 0 Å². The molecule has 4 rings (SSSR count). The van der Waals surface area contributed by atoms with Crippen LogP contribution in [0.5, 0.6) is 0 Å². The van der Waals surface area contributed by atoms with Gasteiger partial charge in [0.15, 0.2) is 5.82 Å². The molecule has 0 fully saturated rings. The highest BCUT2D eigenvalue weighted by molar-refractivity contribution is 7.20. The number of unbranched alkanes of at least 4 members (excludes halogenated alkanes) is 1. The van der Waals surface area contributed by atoms with Gasteiger partial charge < -0.3 is 0 Å². The molecule has 0 saturated heterocycles. The summed E-state index contributed by atoms with van der Waals surface area (Å²) in [5.41, 5.74) is 1.63. The van der Waals surface area contributed by atoms with Crippen LogP contribution in [0, 0.1) is 11.3 Å². The molecule has 4 heterocycles. The van der Waals surface area contributed by atoms with Crippen LogP contribution >= 0.6 is 22.7 Å². The standard InChI is InChI=1S/C21H18N4OS2/c1-2-15-17(16-9-7-13-27-16)18-20(28-15)24-19(14-8-3-5-11-23-14)25(21(18)26)12-6-4-10-22/h3,5,7-9,11,13H,2,4,6,12H2,1H3. The van der Waals surface area contributed by atoms with Gasteiger partial charge in [-0.25, -0.2) is 4.98 Å². The number of hydrogen-bond donors (Lipinski definition) is 0. The Kier molecular flexibility index (Phi) is 5.33. The van der Waals surface area contributed by atoms with E-state index in [0.29, 0.717) is 36.3 Å². The van der Waals surface area contributed by atoms with Gasteiger partial charge in [-0.05, 0) is 36.4 Å². The minimum Gasteiger partial charge on any atom is -0.291 e. The van der Waals surface area contributed by atoms with E-state index >= 15 is 0 Å². The monoisotopic (exact) mass is 406 g/mol. The molecule has 0 amide bonds. The Balaban J connectivity index is 2.02. The minimum atomic E-state index is -0.0528. The van der Waals surface area contributed by atoms with Gasteiger partial charge in [0.05, 0.1) is 11.5 Å². The third kappa shape index (κ3) is 3.26. The predicted molar refractivity (Wildman–Crippen MR) is 115 cm³/mol. The van der Waals surface area contributed by atoms with E-state index in [-0.39, 0.29) is 5.56 Å². The minimum absolute atomic E-state index is 0.0528. The zero-order valence-corrected chi connectivity index (χ0v) is 17.0. The largest absolute Gasteiger partial charge is 0.291 e. The molecule has 4 aromatic heterocycles. The van der Waals surface area contributed by atoms with E-state index < -0.39 is 0 Å². The molecule has 5 nitrogen and oxygen atoms in total. The van der Waals surface area contributed by atoms with Gasteiger partial charge >= 0.3 is 0 Å². The van der Waals surface area contributed by atoms with Crippen LogP contribution in [0.4, 0.5) is 0 Å². The first-order valence-electron chi connectivity index (χ1n) is 9.13. The molecule has 0 saturated carbocycles. The van der Waals surface area contributed by atoms with E-state index in [9.17, 15) is 4.79 Å². The molecule has 7 heteroatoms. The van der Waals surface area contributed by atoms with Gasteiger partial charge in [0, 0.05) is 34.5 Å². The van der Waals surface area contributed by atoms with E-state index in [1.54, 1.807) is 33.4 Å². The van der Waals surface area contributed by atoms with Crippen molar-refractivity contribution >= 4 is 32.9 Å². The number of pyridine rings is 1. The normalized spacial score (nSPS) is 11.0. The molecule has 0 aliphatic rings. The van der Waals surface area contributed by atoms with Crippen LogP contribution in [-0.2, 0) is 13.0 Å². The summed E-state index contributed by atoms with van der Waals surface area (Å²) in [5, 5.41) is 11.6. The highest BCUT2D eigenvalue weighted by atomic mass is 32.1. The molecule has 28 heavy (non-hydrogen) atoms. The Morgan fingerprint density at radius 1 is 1.25 bits per heavy atom. The van der Waals surface area contributed by atoms with Gasteiger partial charge in [0.25, 0.3) is 5.56 Å². The maximum absolute atomic E-state index is 13.6. The number of hydrogen-bond acceptors (Lipinski definition) is 6. The van der Waals surface area contributed by atoms with E-state index in [1.807, 2.05) is 29.6 Å². The second kappa shape index (κ2) is 8.05. The van der Waals surface area contributed by atoms with Gasteiger partial charge in [-0.2, -0.15) is 5.26 Å². The summed E-state index contributed by atoms with van der Waals surface area (Å²) in [7, 11) is 0. The molecule has 0 aliphatic heterocycles. The number of aromatic nitrogens is 3. The molecule has 0 spiro atoms. The number of aryl methyl sites for hydroxylation is 1. The number of thiophene rings is 2. The second-order valence-electron chi connectivity index (χ2n) is 6.28. The third-order valence-electron chi connectivity index (χ3n) is 4.54. The lowest BCUT2D eigenvalue weighted by Crippen LogP contribution is -2.23. The Hall–Kier alpha value is -2.82. The van der Waals surface area contributed by atoms with Crippen LogP contribution in [0.2, 0.25) is 0 Å². The van der Waals surface area contributed by atoms with Gasteiger partial charge in [0.1, 0.15) is 10.5 Å². The van der Waals surface area contributed by atoms with Crippen molar-refractivity contribution in [2.45, 2.75) is 32.7 Å². The smallest absolute Gasteiger partial charge is 0.263 e. The molecule has 0 radical (unpaired) electrons. The summed E-state index contributed by atoms with van der Waals surface area (Å²) in [4.78, 5) is 25.9. The fraction of sp³-hybridized carbons (Fsp3) is 0.238. The Morgan fingerprint density at radius 3 is 2.82 bits per heavy atom. The molecule has 0 N–H and O–H groups in total. The number of nitrogens with zero attached hydrogens (tertiary/aromatic N) is 4. The summed E-state index contributed by atoms with van der Waals surface area (Å²) < 4.78 is 1.69. The Labute approximate surface area is 170 Å². The molecule has 0 bridgehead atoms. The summed E-state index contributed by atoms with van der Waals surface area (Å²) in [6.07, 6.45) is 3.55. The van der Waals surface area contributed by atoms with E-state index in [4.69, 9.17) is 10.2 Å². The number of nitriles is 1. The average Bonchev–Trinajstić information content (AvgIpc) is 3.37. The van der Waals surface area contributed by atoms with Crippen molar-refractivity contribution in [1.29, 1.82) is 5.26 Å². The van der Waals surface area contributed by atoms with Gasteiger partial charge in [-0.1, -0.05) is 19.1 Å². The lowest BCUT2D eigenvalue weighted by molar-refractivity contribution is 0.633. The van der Waals surface area contributed by atoms with Gasteiger partial charge in [-0.3, -0.25) is 14.3 Å². The van der Waals surface area contributed by atoms with Crippen LogP contribution < -0.4 is 5.56 Å². The molecule has 0 aliphatic carbocycles. The van der Waals surface area contributed by atoms with Crippen LogP contribution in [0.25, 0.3) is 32.2 Å². The van der Waals surface area contributed by atoms with E-state index in [0.717, 1.165) is 21.7 Å². The van der Waals surface area contributed by atoms with Crippen LogP contribution in [0.15, 0.2) is 46.7 Å². The quantitative estimate of drug-likeness (QED) is 0.417. The van der Waals surface area contributed by atoms with Crippen molar-refractivity contribution in [2.24, 2.45) is 0 Å². The van der Waals surface area contributed by atoms with Crippen molar-refractivity contribution in [3.05, 3.63) is 57.1 Å². The van der Waals surface area contributed by atoms with Crippen molar-refractivity contribution in [3.63, 3.8) is 0 Å². The van der Waals surface area contributed by atoms with Crippen molar-refractivity contribution in [2.75, 3.05) is 0 Å². The fourth-order valence-electron chi connectivity index (χ4n) is 3.27. The molecular formula is C21H18N4OS2. The average molecular weight is 407 g/mol. The van der Waals surface area contributed by atoms with Crippen molar-refractivity contribution < 1.29 is 0 Å². The van der Waals surface area contributed by atoms with Crippen molar-refractivity contribution in [1.82, 2.24) is 14.5 Å². The fourth-order valence-corrected chi connectivity index (χ4v) is 5.26. The maximum Gasteiger partial charge on any atom is 0.263 e. The zero-order chi connectivity index (χ0) is 19.5. The SMILES string of the molecule is CCc1sc2nc(-c3ccccn3)n(CCCC#N)c(=O)c2c1-c1cccs1. The maximum atomic E-state index is 13.6. The highest BCUT2D eigenvalue weighted by Crippen LogP contribution is 2.39. The molecule has 4 aromatic rings. The van der Waals surface area contributed by atoms with Gasteiger partial charge in [-0.15, -0.1) is 22.7 Å². The molecule has 0 aromatic carbocycles. The first kappa shape index (κ1) is 18.5. The first-order valence-corrected chi connectivity index (χ1v) is 10.8. The lowest BCUT2D eigenvalue weighted by Gasteiger charge is -2.11. The predicted octanol–water partition coefficient (Wildman–Crippen LogP) is 5.11. The van der Waals surface area contributed by atoms with E-state index in [1.165, 1.54) is 4.88 Å². The molecule has 140 valence electrons. The Morgan fingerprint density at radius 2 is 2.14 bits per heavy atom. The third-order valence-corrected chi connectivity index (χ3v) is 6.65. The number of fused-ring (bicyclic) bond motifs is 1. The highest BCUT2D eigenvalue weighted by Gasteiger charge is 2.22. The topological polar surface area (TPSA) is 71.6 Å². The molecular weight excluding hydrogens is 388 g/mol. The summed E-state index contributed by atoms with van der Waals surface area (Å²) >= 11 is 3.22. The Bertz CT molecular complexity index is 1200. The van der Waals surface area contributed by atoms with Crippen LogP contribution in [-0.4, -0.2) is 14.5 Å². The molecule has 0 unspecified atom stereocenters. The summed E-state index contributed by atoms with van der Waals surface area (Å²) in [6, 6.07) is 11.8. The summed E-state index contributed by atoms with van der Waals surface area (Å²) in [5.74, 6) is 0.567.